The molecule has 19 heavy (non-hydrogen) atoms. The van der Waals surface area contributed by atoms with Gasteiger partial charge >= 0.3 is 5.97 Å². The van der Waals surface area contributed by atoms with Crippen LogP contribution in [0, 0.1) is 17.0 Å². The second-order valence-corrected chi connectivity index (χ2v) is 3.93. The number of hydrogen-bond acceptors (Lipinski definition) is 5. The maximum absolute atomic E-state index is 10.8. The van der Waals surface area contributed by atoms with Gasteiger partial charge in [-0.2, -0.15) is 5.10 Å². The maximum Gasteiger partial charge on any atom is 0.311 e. The van der Waals surface area contributed by atoms with Crippen molar-refractivity contribution in [1.82, 2.24) is 15.2 Å². The Bertz CT molecular complexity index is 650. The van der Waals surface area contributed by atoms with Gasteiger partial charge in [-0.05, 0) is 6.92 Å². The van der Waals surface area contributed by atoms with E-state index in [-0.39, 0.29) is 23.8 Å². The first kappa shape index (κ1) is 12.7. The molecular formula is C11H10N4O4. The lowest BCUT2D eigenvalue weighted by atomic mass is 10.1. The second-order valence-electron chi connectivity index (χ2n) is 3.93. The summed E-state index contributed by atoms with van der Waals surface area (Å²) < 4.78 is 0. The zero-order valence-electron chi connectivity index (χ0n) is 9.95. The Morgan fingerprint density at radius 1 is 1.53 bits per heavy atom. The third kappa shape index (κ3) is 2.73. The Morgan fingerprint density at radius 3 is 2.89 bits per heavy atom. The minimum absolute atomic E-state index is 0.0258. The van der Waals surface area contributed by atoms with Gasteiger partial charge < -0.3 is 5.11 Å². The molecule has 1 aromatic carbocycles. The van der Waals surface area contributed by atoms with E-state index in [9.17, 15) is 14.9 Å². The number of aliphatic carboxylic acids is 1. The molecule has 0 amide bonds. The Morgan fingerprint density at radius 2 is 2.26 bits per heavy atom. The van der Waals surface area contributed by atoms with Crippen LogP contribution in [-0.4, -0.2) is 31.2 Å². The topological polar surface area (TPSA) is 122 Å². The Hall–Kier alpha value is -2.77. The summed E-state index contributed by atoms with van der Waals surface area (Å²) in [5, 5.41) is 25.8. The number of benzene rings is 1. The van der Waals surface area contributed by atoms with Crippen LogP contribution in [0.1, 0.15) is 11.4 Å². The number of aromatic nitrogens is 3. The van der Waals surface area contributed by atoms with Crippen LogP contribution in [0.25, 0.3) is 11.4 Å². The van der Waals surface area contributed by atoms with Crippen molar-refractivity contribution < 1.29 is 14.8 Å². The summed E-state index contributed by atoms with van der Waals surface area (Å²) in [5.74, 6) is -0.595. The zero-order valence-corrected chi connectivity index (χ0v) is 9.95. The van der Waals surface area contributed by atoms with Crippen LogP contribution in [0.2, 0.25) is 0 Å². The minimum Gasteiger partial charge on any atom is -0.481 e. The number of H-pyrrole nitrogens is 1. The van der Waals surface area contributed by atoms with E-state index in [1.165, 1.54) is 6.07 Å². The van der Waals surface area contributed by atoms with Gasteiger partial charge in [0, 0.05) is 17.2 Å². The largest absolute Gasteiger partial charge is 0.481 e. The van der Waals surface area contributed by atoms with Crippen molar-refractivity contribution in [3.8, 4) is 11.4 Å². The number of aryl methyl sites for hydroxylation is 1. The summed E-state index contributed by atoms with van der Waals surface area (Å²) in [5.41, 5.74) is 0.974. The van der Waals surface area contributed by atoms with Gasteiger partial charge in [-0.25, -0.2) is 4.98 Å². The molecule has 0 atom stereocenters. The molecular weight excluding hydrogens is 252 g/mol. The summed E-state index contributed by atoms with van der Waals surface area (Å²) in [4.78, 5) is 24.9. The fourth-order valence-electron chi connectivity index (χ4n) is 1.59. The summed E-state index contributed by atoms with van der Waals surface area (Å²) in [6, 6.07) is 4.61. The van der Waals surface area contributed by atoms with Crippen LogP contribution in [0.5, 0.6) is 0 Å². The van der Waals surface area contributed by atoms with Crippen LogP contribution in [-0.2, 0) is 11.2 Å². The molecule has 0 aliphatic rings. The lowest BCUT2D eigenvalue weighted by Gasteiger charge is -1.99. The number of nitrogens with zero attached hydrogens (tertiary/aromatic N) is 3. The number of aromatic amines is 1. The minimum atomic E-state index is -1.03. The van der Waals surface area contributed by atoms with Crippen molar-refractivity contribution in [2.75, 3.05) is 0 Å². The first-order valence-electron chi connectivity index (χ1n) is 5.36. The molecule has 0 saturated heterocycles. The molecule has 0 unspecified atom stereocenters. The molecule has 1 aromatic heterocycles. The molecule has 0 bridgehead atoms. The van der Waals surface area contributed by atoms with Gasteiger partial charge in [0.15, 0.2) is 5.82 Å². The van der Waals surface area contributed by atoms with E-state index in [4.69, 9.17) is 5.11 Å². The molecule has 0 aliphatic heterocycles. The second kappa shape index (κ2) is 4.84. The molecule has 0 aliphatic carbocycles. The van der Waals surface area contributed by atoms with E-state index < -0.39 is 10.9 Å². The summed E-state index contributed by atoms with van der Waals surface area (Å²) in [6.07, 6.45) is -0.277. The quantitative estimate of drug-likeness (QED) is 0.632. The number of nitrogens with one attached hydrogen (secondary N) is 1. The van der Waals surface area contributed by atoms with Gasteiger partial charge in [-0.1, -0.05) is 12.1 Å². The smallest absolute Gasteiger partial charge is 0.311 e. The number of carboxylic acids is 1. The molecule has 0 saturated carbocycles. The number of rotatable bonds is 4. The van der Waals surface area contributed by atoms with E-state index in [1.54, 1.807) is 19.1 Å². The van der Waals surface area contributed by atoms with Crippen LogP contribution in [0.15, 0.2) is 18.2 Å². The predicted octanol–water partition coefficient (Wildman–Crippen LogP) is 1.32. The van der Waals surface area contributed by atoms with Gasteiger partial charge in [0.25, 0.3) is 5.69 Å². The summed E-state index contributed by atoms with van der Waals surface area (Å²) in [6.45, 7) is 1.63. The van der Waals surface area contributed by atoms with E-state index in [0.29, 0.717) is 11.1 Å². The first-order chi connectivity index (χ1) is 8.97. The fraction of sp³-hybridized carbons (Fsp3) is 0.182. The summed E-state index contributed by atoms with van der Waals surface area (Å²) >= 11 is 0. The lowest BCUT2D eigenvalue weighted by molar-refractivity contribution is -0.385. The van der Waals surface area contributed by atoms with Gasteiger partial charge in [-0.3, -0.25) is 20.0 Å². The van der Waals surface area contributed by atoms with Crippen LogP contribution < -0.4 is 0 Å². The Balaban J connectivity index is 2.36. The van der Waals surface area contributed by atoms with Gasteiger partial charge in [0.2, 0.25) is 0 Å². The molecule has 8 heteroatoms. The molecule has 2 N–H and O–H groups in total. The number of carbonyl (C=O) groups is 1. The van der Waals surface area contributed by atoms with Crippen molar-refractivity contribution in [3.05, 3.63) is 39.7 Å². The standard InChI is InChI=1S/C11H10N4O4/c1-6-2-3-7(4-8(6)15(18)19)11-12-9(13-14-11)5-10(16)17/h2-4H,5H2,1H3,(H,16,17)(H,12,13,14). The number of hydrogen-bond donors (Lipinski definition) is 2. The highest BCUT2D eigenvalue weighted by molar-refractivity contribution is 5.69. The molecule has 0 spiro atoms. The monoisotopic (exact) mass is 262 g/mol. The van der Waals surface area contributed by atoms with Crippen LogP contribution in [0.3, 0.4) is 0 Å². The van der Waals surface area contributed by atoms with Crippen molar-refractivity contribution in [1.29, 1.82) is 0 Å². The van der Waals surface area contributed by atoms with Gasteiger partial charge in [0.05, 0.1) is 4.92 Å². The predicted molar refractivity (Wildman–Crippen MR) is 64.5 cm³/mol. The Labute approximate surface area is 107 Å². The van der Waals surface area contributed by atoms with Crippen molar-refractivity contribution in [2.45, 2.75) is 13.3 Å². The molecule has 8 nitrogen and oxygen atoms in total. The fourth-order valence-corrected chi connectivity index (χ4v) is 1.59. The third-order valence-corrected chi connectivity index (χ3v) is 2.51. The van der Waals surface area contributed by atoms with Crippen LogP contribution >= 0.6 is 0 Å². The van der Waals surface area contributed by atoms with E-state index in [2.05, 4.69) is 15.2 Å². The average molecular weight is 262 g/mol. The summed E-state index contributed by atoms with van der Waals surface area (Å²) in [7, 11) is 0. The zero-order chi connectivity index (χ0) is 14.0. The van der Waals surface area contributed by atoms with E-state index in [0.717, 1.165) is 0 Å². The van der Waals surface area contributed by atoms with Crippen molar-refractivity contribution >= 4 is 11.7 Å². The first-order valence-corrected chi connectivity index (χ1v) is 5.36. The molecule has 1 heterocycles. The highest BCUT2D eigenvalue weighted by Crippen LogP contribution is 2.24. The molecule has 2 rings (SSSR count). The van der Waals surface area contributed by atoms with Gasteiger partial charge in [-0.15, -0.1) is 0 Å². The SMILES string of the molecule is Cc1ccc(-c2n[nH]c(CC(=O)O)n2)cc1[N+](=O)[O-]. The number of nitro groups is 1. The van der Waals surface area contributed by atoms with Gasteiger partial charge in [0.1, 0.15) is 12.2 Å². The molecule has 2 aromatic rings. The maximum atomic E-state index is 10.8. The molecule has 98 valence electrons. The van der Waals surface area contributed by atoms with E-state index in [1.807, 2.05) is 0 Å². The van der Waals surface area contributed by atoms with Crippen LogP contribution in [0.4, 0.5) is 5.69 Å². The average Bonchev–Trinajstić information content (AvgIpc) is 2.76. The van der Waals surface area contributed by atoms with Crippen molar-refractivity contribution in [3.63, 3.8) is 0 Å². The third-order valence-electron chi connectivity index (χ3n) is 2.51. The Kier molecular flexibility index (Phi) is 3.23. The van der Waals surface area contributed by atoms with Crippen molar-refractivity contribution in [2.24, 2.45) is 0 Å². The van der Waals surface area contributed by atoms with E-state index >= 15 is 0 Å². The highest BCUT2D eigenvalue weighted by atomic mass is 16.6. The molecule has 0 radical (unpaired) electrons. The normalized spacial score (nSPS) is 10.4. The number of carboxylic acid groups (broad SMARTS) is 1. The highest BCUT2D eigenvalue weighted by Gasteiger charge is 2.15. The lowest BCUT2D eigenvalue weighted by Crippen LogP contribution is -2.01. The molecule has 0 fully saturated rings. The number of nitro benzene ring substituents is 1.